The topological polar surface area (TPSA) is 25.2 Å². The van der Waals surface area contributed by atoms with Gasteiger partial charge >= 0.3 is 0 Å². The number of hydrogen-bond donors (Lipinski definition) is 1. The minimum Gasteiger partial charge on any atom is -0.468 e. The molecule has 0 radical (unpaired) electrons. The maximum absolute atomic E-state index is 6.48. The molecule has 0 aliphatic heterocycles. The Morgan fingerprint density at radius 2 is 1.95 bits per heavy atom. The van der Waals surface area contributed by atoms with Crippen LogP contribution in [0.4, 0.5) is 0 Å². The van der Waals surface area contributed by atoms with E-state index >= 15 is 0 Å². The van der Waals surface area contributed by atoms with Gasteiger partial charge in [0, 0.05) is 22.6 Å². The Hall–Kier alpha value is -1.42. The van der Waals surface area contributed by atoms with Crippen LogP contribution in [-0.4, -0.2) is 12.3 Å². The minimum atomic E-state index is 0.763. The molecule has 1 aromatic heterocycles. The number of fused-ring (bicyclic) bond motifs is 1. The Bertz CT molecular complexity index is 712. The molecule has 2 aromatic carbocycles. The van der Waals surface area contributed by atoms with Crippen molar-refractivity contribution in [1.82, 2.24) is 5.32 Å². The third-order valence-electron chi connectivity index (χ3n) is 3.24. The molecule has 0 fully saturated rings. The normalized spacial score (nSPS) is 11.1. The van der Waals surface area contributed by atoms with Gasteiger partial charge in [0.1, 0.15) is 5.76 Å². The van der Waals surface area contributed by atoms with Gasteiger partial charge in [-0.05, 0) is 23.6 Å². The summed E-state index contributed by atoms with van der Waals surface area (Å²) in [6.45, 7) is 1.67. The van der Waals surface area contributed by atoms with E-state index in [9.17, 15) is 0 Å². The fraction of sp³-hybridized carbons (Fsp3) is 0.176. The standard InChI is InChI=1S/C17H16ClNOS/c18-17-15-6-2-1-4-13(15)7-8-16(17)21-11-9-19-12-14-5-3-10-20-14/h1-8,10,19H,9,11-12H2. The smallest absolute Gasteiger partial charge is 0.117 e. The largest absolute Gasteiger partial charge is 0.468 e. The fourth-order valence-electron chi connectivity index (χ4n) is 2.18. The second kappa shape index (κ2) is 7.03. The number of nitrogens with one attached hydrogen (secondary N) is 1. The summed E-state index contributed by atoms with van der Waals surface area (Å²) in [4.78, 5) is 1.13. The molecule has 0 saturated carbocycles. The molecule has 3 aromatic rings. The van der Waals surface area contributed by atoms with Crippen LogP contribution < -0.4 is 5.32 Å². The summed E-state index contributed by atoms with van der Waals surface area (Å²) in [5.74, 6) is 1.93. The molecular weight excluding hydrogens is 302 g/mol. The molecule has 108 valence electrons. The van der Waals surface area contributed by atoms with Crippen LogP contribution in [0.2, 0.25) is 5.02 Å². The SMILES string of the molecule is Clc1c(SCCNCc2ccco2)ccc2ccccc12. The van der Waals surface area contributed by atoms with Crippen molar-refractivity contribution in [2.45, 2.75) is 11.4 Å². The number of benzene rings is 2. The number of hydrogen-bond acceptors (Lipinski definition) is 3. The number of rotatable bonds is 6. The van der Waals surface area contributed by atoms with Crippen LogP contribution in [0, 0.1) is 0 Å². The Labute approximate surface area is 133 Å². The van der Waals surface area contributed by atoms with E-state index in [1.54, 1.807) is 18.0 Å². The molecule has 0 bridgehead atoms. The van der Waals surface area contributed by atoms with E-state index in [1.807, 2.05) is 24.3 Å². The average molecular weight is 318 g/mol. The van der Waals surface area contributed by atoms with E-state index in [2.05, 4.69) is 29.6 Å². The highest BCUT2D eigenvalue weighted by Gasteiger charge is 2.05. The van der Waals surface area contributed by atoms with Gasteiger partial charge in [-0.1, -0.05) is 41.9 Å². The highest BCUT2D eigenvalue weighted by molar-refractivity contribution is 7.99. The van der Waals surface area contributed by atoms with Crippen molar-refractivity contribution < 1.29 is 4.42 Å². The van der Waals surface area contributed by atoms with E-state index in [0.717, 1.165) is 39.9 Å². The predicted octanol–water partition coefficient (Wildman–Crippen LogP) is 4.97. The molecule has 1 N–H and O–H groups in total. The zero-order chi connectivity index (χ0) is 14.5. The summed E-state index contributed by atoms with van der Waals surface area (Å²) in [5.41, 5.74) is 0. The molecule has 0 unspecified atom stereocenters. The van der Waals surface area contributed by atoms with Gasteiger partial charge in [-0.25, -0.2) is 0 Å². The molecule has 0 saturated heterocycles. The summed E-state index contributed by atoms with van der Waals surface area (Å²) in [7, 11) is 0. The van der Waals surface area contributed by atoms with Crippen molar-refractivity contribution >= 4 is 34.1 Å². The maximum Gasteiger partial charge on any atom is 0.117 e. The summed E-state index contributed by atoms with van der Waals surface area (Å²) in [5, 5.41) is 6.51. The lowest BCUT2D eigenvalue weighted by atomic mass is 10.1. The first-order chi connectivity index (χ1) is 10.3. The van der Waals surface area contributed by atoms with Crippen LogP contribution in [0.25, 0.3) is 10.8 Å². The van der Waals surface area contributed by atoms with Crippen LogP contribution in [0.1, 0.15) is 5.76 Å². The van der Waals surface area contributed by atoms with Crippen molar-refractivity contribution in [3.63, 3.8) is 0 Å². The van der Waals surface area contributed by atoms with E-state index in [0.29, 0.717) is 0 Å². The second-order valence-corrected chi connectivity index (χ2v) is 6.22. The van der Waals surface area contributed by atoms with Gasteiger partial charge in [0.05, 0.1) is 17.8 Å². The van der Waals surface area contributed by atoms with Crippen LogP contribution in [0.15, 0.2) is 64.1 Å². The average Bonchev–Trinajstić information content (AvgIpc) is 3.03. The molecule has 2 nitrogen and oxygen atoms in total. The van der Waals surface area contributed by atoms with Crippen molar-refractivity contribution in [2.75, 3.05) is 12.3 Å². The highest BCUT2D eigenvalue weighted by atomic mass is 35.5. The second-order valence-electron chi connectivity index (χ2n) is 4.70. The zero-order valence-corrected chi connectivity index (χ0v) is 13.1. The summed E-state index contributed by atoms with van der Waals surface area (Å²) >= 11 is 8.25. The van der Waals surface area contributed by atoms with Gasteiger partial charge in [-0.15, -0.1) is 11.8 Å². The Morgan fingerprint density at radius 3 is 2.81 bits per heavy atom. The molecule has 3 rings (SSSR count). The lowest BCUT2D eigenvalue weighted by Crippen LogP contribution is -2.16. The van der Waals surface area contributed by atoms with E-state index in [4.69, 9.17) is 16.0 Å². The third kappa shape index (κ3) is 3.62. The van der Waals surface area contributed by atoms with Gasteiger partial charge in [0.2, 0.25) is 0 Å². The lowest BCUT2D eigenvalue weighted by Gasteiger charge is -2.08. The molecule has 4 heteroatoms. The van der Waals surface area contributed by atoms with E-state index in [1.165, 1.54) is 5.39 Å². The van der Waals surface area contributed by atoms with E-state index in [-0.39, 0.29) is 0 Å². The monoisotopic (exact) mass is 317 g/mol. The quantitative estimate of drug-likeness (QED) is 0.513. The van der Waals surface area contributed by atoms with Crippen molar-refractivity contribution in [3.8, 4) is 0 Å². The van der Waals surface area contributed by atoms with Gasteiger partial charge in [0.25, 0.3) is 0 Å². The Balaban J connectivity index is 1.54. The minimum absolute atomic E-state index is 0.763. The molecule has 0 aliphatic carbocycles. The first-order valence-electron chi connectivity index (χ1n) is 6.88. The van der Waals surface area contributed by atoms with Crippen LogP contribution in [-0.2, 0) is 6.54 Å². The van der Waals surface area contributed by atoms with Gasteiger partial charge < -0.3 is 9.73 Å². The molecular formula is C17H16ClNOS. The van der Waals surface area contributed by atoms with Crippen molar-refractivity contribution in [3.05, 3.63) is 65.6 Å². The Kier molecular flexibility index (Phi) is 4.86. The first kappa shape index (κ1) is 14.5. The first-order valence-corrected chi connectivity index (χ1v) is 8.24. The maximum atomic E-state index is 6.48. The Morgan fingerprint density at radius 1 is 1.05 bits per heavy atom. The van der Waals surface area contributed by atoms with Gasteiger partial charge in [-0.3, -0.25) is 0 Å². The van der Waals surface area contributed by atoms with E-state index < -0.39 is 0 Å². The fourth-order valence-corrected chi connectivity index (χ4v) is 3.45. The van der Waals surface area contributed by atoms with Gasteiger partial charge in [0.15, 0.2) is 0 Å². The van der Waals surface area contributed by atoms with Crippen LogP contribution >= 0.6 is 23.4 Å². The predicted molar refractivity (Wildman–Crippen MR) is 90.1 cm³/mol. The van der Waals surface area contributed by atoms with Crippen LogP contribution in [0.3, 0.4) is 0 Å². The van der Waals surface area contributed by atoms with Gasteiger partial charge in [-0.2, -0.15) is 0 Å². The molecule has 21 heavy (non-hydrogen) atoms. The third-order valence-corrected chi connectivity index (χ3v) is 4.82. The molecule has 0 aliphatic rings. The molecule has 1 heterocycles. The summed E-state index contributed by atoms with van der Waals surface area (Å²) < 4.78 is 5.28. The molecule has 0 amide bonds. The molecule has 0 atom stereocenters. The zero-order valence-electron chi connectivity index (χ0n) is 11.5. The van der Waals surface area contributed by atoms with Crippen molar-refractivity contribution in [2.24, 2.45) is 0 Å². The van der Waals surface area contributed by atoms with Crippen molar-refractivity contribution in [1.29, 1.82) is 0 Å². The highest BCUT2D eigenvalue weighted by Crippen LogP contribution is 2.33. The number of thioether (sulfide) groups is 1. The van der Waals surface area contributed by atoms with Crippen LogP contribution in [0.5, 0.6) is 0 Å². The molecule has 0 spiro atoms. The summed E-state index contributed by atoms with van der Waals surface area (Å²) in [6.07, 6.45) is 1.70. The number of furan rings is 1. The summed E-state index contributed by atoms with van der Waals surface area (Å²) in [6, 6.07) is 16.3. The number of halogens is 1. The lowest BCUT2D eigenvalue weighted by molar-refractivity contribution is 0.488.